The molecule has 160 valence electrons. The Hall–Kier alpha value is -2.74. The molecule has 4 rings (SSSR count). The van der Waals surface area contributed by atoms with Gasteiger partial charge in [-0.15, -0.1) is 0 Å². The molecule has 8 heteroatoms. The number of amides is 2. The van der Waals surface area contributed by atoms with Gasteiger partial charge in [0, 0.05) is 45.0 Å². The molecule has 0 saturated carbocycles. The summed E-state index contributed by atoms with van der Waals surface area (Å²) < 4.78 is 14.3. The normalized spacial score (nSPS) is 20.7. The monoisotopic (exact) mass is 413 g/mol. The van der Waals surface area contributed by atoms with Gasteiger partial charge in [-0.05, 0) is 38.1 Å². The van der Waals surface area contributed by atoms with Crippen LogP contribution in [-0.2, 0) is 22.4 Å². The molecule has 0 aliphatic carbocycles. The first-order valence-corrected chi connectivity index (χ1v) is 10.4. The standard InChI is InChI=1S/C22H28FN5O2/c1-27-11-7-17(13-27)20(29)28-14-22(15-28,12-16-4-2-3-5-18(16)23)21(30)26-8-6-19-24-9-10-25-19/h2-5,9-10,17H,6-8,11-15H2,1H3,(H,24,25)(H,26,30). The van der Waals surface area contributed by atoms with E-state index in [1.807, 2.05) is 7.05 Å². The summed E-state index contributed by atoms with van der Waals surface area (Å²) in [6, 6.07) is 6.54. The minimum atomic E-state index is -0.800. The van der Waals surface area contributed by atoms with E-state index in [1.54, 1.807) is 35.5 Å². The van der Waals surface area contributed by atoms with Crippen LogP contribution in [0.1, 0.15) is 17.8 Å². The molecule has 2 aliphatic heterocycles. The van der Waals surface area contributed by atoms with Crippen molar-refractivity contribution < 1.29 is 14.0 Å². The molecular formula is C22H28FN5O2. The van der Waals surface area contributed by atoms with Crippen molar-refractivity contribution in [1.29, 1.82) is 0 Å². The lowest BCUT2D eigenvalue weighted by Gasteiger charge is -2.49. The molecular weight excluding hydrogens is 385 g/mol. The van der Waals surface area contributed by atoms with Gasteiger partial charge in [0.05, 0.1) is 11.3 Å². The predicted octanol–water partition coefficient (Wildman–Crippen LogP) is 1.23. The lowest BCUT2D eigenvalue weighted by Crippen LogP contribution is -2.66. The molecule has 0 radical (unpaired) electrons. The predicted molar refractivity (Wildman–Crippen MR) is 110 cm³/mol. The topological polar surface area (TPSA) is 81.3 Å². The van der Waals surface area contributed by atoms with Crippen molar-refractivity contribution >= 4 is 11.8 Å². The molecule has 2 saturated heterocycles. The Morgan fingerprint density at radius 1 is 1.33 bits per heavy atom. The van der Waals surface area contributed by atoms with Gasteiger partial charge in [0.1, 0.15) is 11.6 Å². The summed E-state index contributed by atoms with van der Waals surface area (Å²) in [6.45, 7) is 2.76. The molecule has 30 heavy (non-hydrogen) atoms. The van der Waals surface area contributed by atoms with Crippen molar-refractivity contribution in [2.24, 2.45) is 11.3 Å². The van der Waals surface area contributed by atoms with Gasteiger partial charge in [0.2, 0.25) is 11.8 Å². The van der Waals surface area contributed by atoms with Crippen LogP contribution in [0.2, 0.25) is 0 Å². The van der Waals surface area contributed by atoms with E-state index in [2.05, 4.69) is 20.2 Å². The maximum atomic E-state index is 14.3. The molecule has 3 heterocycles. The lowest BCUT2D eigenvalue weighted by atomic mass is 9.73. The van der Waals surface area contributed by atoms with E-state index in [0.717, 1.165) is 25.3 Å². The zero-order valence-corrected chi connectivity index (χ0v) is 17.2. The first-order chi connectivity index (χ1) is 14.5. The smallest absolute Gasteiger partial charge is 0.230 e. The number of H-pyrrole nitrogens is 1. The molecule has 2 aliphatic rings. The Bertz CT molecular complexity index is 895. The fraction of sp³-hybridized carbons (Fsp3) is 0.500. The van der Waals surface area contributed by atoms with E-state index >= 15 is 0 Å². The number of nitrogens with zero attached hydrogens (tertiary/aromatic N) is 3. The number of hydrogen-bond donors (Lipinski definition) is 2. The maximum absolute atomic E-state index is 14.3. The largest absolute Gasteiger partial charge is 0.355 e. The third kappa shape index (κ3) is 4.23. The summed E-state index contributed by atoms with van der Waals surface area (Å²) >= 11 is 0. The van der Waals surface area contributed by atoms with E-state index in [1.165, 1.54) is 6.07 Å². The first-order valence-electron chi connectivity index (χ1n) is 10.4. The molecule has 2 fully saturated rings. The van der Waals surface area contributed by atoms with Gasteiger partial charge in [-0.3, -0.25) is 9.59 Å². The van der Waals surface area contributed by atoms with Crippen molar-refractivity contribution in [3.05, 3.63) is 53.9 Å². The second kappa shape index (κ2) is 8.55. The fourth-order valence-corrected chi connectivity index (χ4v) is 4.49. The number of likely N-dealkylation sites (tertiary alicyclic amines) is 2. The van der Waals surface area contributed by atoms with E-state index in [-0.39, 0.29) is 30.0 Å². The molecule has 2 N–H and O–H groups in total. The van der Waals surface area contributed by atoms with E-state index < -0.39 is 5.41 Å². The highest BCUT2D eigenvalue weighted by molar-refractivity contribution is 5.89. The van der Waals surface area contributed by atoms with Crippen LogP contribution in [0.25, 0.3) is 0 Å². The summed E-state index contributed by atoms with van der Waals surface area (Å²) in [5.74, 6) is 0.442. The van der Waals surface area contributed by atoms with Crippen molar-refractivity contribution in [2.75, 3.05) is 39.8 Å². The average molecular weight is 413 g/mol. The molecule has 0 bridgehead atoms. The van der Waals surface area contributed by atoms with Crippen LogP contribution in [0.3, 0.4) is 0 Å². The highest BCUT2D eigenvalue weighted by Gasteiger charge is 2.52. The number of aromatic amines is 1. The Kier molecular flexibility index (Phi) is 5.85. The molecule has 1 unspecified atom stereocenters. The number of carbonyl (C=O) groups excluding carboxylic acids is 2. The van der Waals surface area contributed by atoms with E-state index in [4.69, 9.17) is 0 Å². The first kappa shape index (κ1) is 20.5. The average Bonchev–Trinajstić information content (AvgIpc) is 3.37. The Morgan fingerprint density at radius 3 is 2.80 bits per heavy atom. The summed E-state index contributed by atoms with van der Waals surface area (Å²) in [4.78, 5) is 37.1. The number of rotatable bonds is 7. The molecule has 1 atom stereocenters. The van der Waals surface area contributed by atoms with Crippen LogP contribution in [-0.4, -0.2) is 71.4 Å². The van der Waals surface area contributed by atoms with Gasteiger partial charge >= 0.3 is 0 Å². The molecule has 2 aromatic rings. The third-order valence-electron chi connectivity index (χ3n) is 6.21. The number of hydrogen-bond acceptors (Lipinski definition) is 4. The number of halogens is 1. The van der Waals surface area contributed by atoms with Crippen LogP contribution in [0.5, 0.6) is 0 Å². The van der Waals surface area contributed by atoms with Gasteiger partial charge in [-0.1, -0.05) is 18.2 Å². The minimum Gasteiger partial charge on any atom is -0.355 e. The molecule has 7 nitrogen and oxygen atoms in total. The molecule has 2 amide bonds. The quantitative estimate of drug-likeness (QED) is 0.716. The molecule has 1 aromatic heterocycles. The number of nitrogens with one attached hydrogen (secondary N) is 2. The second-order valence-corrected chi connectivity index (χ2v) is 8.53. The van der Waals surface area contributed by atoms with Crippen LogP contribution < -0.4 is 5.32 Å². The lowest BCUT2D eigenvalue weighted by molar-refractivity contribution is -0.156. The summed E-state index contributed by atoms with van der Waals surface area (Å²) in [6.07, 6.45) is 5.13. The molecule has 1 aromatic carbocycles. The highest BCUT2D eigenvalue weighted by atomic mass is 19.1. The van der Waals surface area contributed by atoms with Crippen molar-refractivity contribution in [3.63, 3.8) is 0 Å². The fourth-order valence-electron chi connectivity index (χ4n) is 4.49. The van der Waals surface area contributed by atoms with Crippen molar-refractivity contribution in [2.45, 2.75) is 19.3 Å². The second-order valence-electron chi connectivity index (χ2n) is 8.53. The van der Waals surface area contributed by atoms with Crippen molar-refractivity contribution in [3.8, 4) is 0 Å². The van der Waals surface area contributed by atoms with Gasteiger partial charge in [0.15, 0.2) is 0 Å². The zero-order chi connectivity index (χ0) is 21.1. The van der Waals surface area contributed by atoms with Gasteiger partial charge in [-0.25, -0.2) is 9.37 Å². The number of imidazole rings is 1. The van der Waals surface area contributed by atoms with Crippen LogP contribution in [0.4, 0.5) is 4.39 Å². The SMILES string of the molecule is CN1CCC(C(=O)N2CC(Cc3ccccc3F)(C(=O)NCCc3ncc[nH]3)C2)C1. The summed E-state index contributed by atoms with van der Waals surface area (Å²) in [5, 5.41) is 2.97. The summed E-state index contributed by atoms with van der Waals surface area (Å²) in [7, 11) is 2.01. The third-order valence-corrected chi connectivity index (χ3v) is 6.21. The van der Waals surface area contributed by atoms with E-state index in [9.17, 15) is 14.0 Å². The maximum Gasteiger partial charge on any atom is 0.230 e. The van der Waals surface area contributed by atoms with Gasteiger partial charge < -0.3 is 20.1 Å². The Balaban J connectivity index is 1.43. The van der Waals surface area contributed by atoms with Gasteiger partial charge in [-0.2, -0.15) is 0 Å². The number of aromatic nitrogens is 2. The Labute approximate surface area is 175 Å². The number of carbonyl (C=O) groups is 2. The van der Waals surface area contributed by atoms with Crippen molar-refractivity contribution in [1.82, 2.24) is 25.1 Å². The number of benzene rings is 1. The van der Waals surface area contributed by atoms with Gasteiger partial charge in [0.25, 0.3) is 0 Å². The Morgan fingerprint density at radius 2 is 2.13 bits per heavy atom. The van der Waals surface area contributed by atoms with Crippen LogP contribution >= 0.6 is 0 Å². The highest BCUT2D eigenvalue weighted by Crippen LogP contribution is 2.37. The molecule has 0 spiro atoms. The van der Waals surface area contributed by atoms with E-state index in [0.29, 0.717) is 31.6 Å². The summed E-state index contributed by atoms with van der Waals surface area (Å²) in [5.41, 5.74) is -0.294. The minimum absolute atomic E-state index is 0.0107. The van der Waals surface area contributed by atoms with Crippen LogP contribution in [0, 0.1) is 17.2 Å². The van der Waals surface area contributed by atoms with Crippen LogP contribution in [0.15, 0.2) is 36.7 Å². The zero-order valence-electron chi connectivity index (χ0n) is 17.2.